The number of aliphatic hydroxyl groups is 1. The minimum absolute atomic E-state index is 0.417. The van der Waals surface area contributed by atoms with E-state index in [1.54, 1.807) is 6.92 Å². The van der Waals surface area contributed by atoms with Crippen molar-refractivity contribution < 1.29 is 9.84 Å². The zero-order valence-corrected chi connectivity index (χ0v) is 10.9. The van der Waals surface area contributed by atoms with Crippen molar-refractivity contribution in [2.75, 3.05) is 6.61 Å². The van der Waals surface area contributed by atoms with Gasteiger partial charge in [-0.3, -0.25) is 0 Å². The van der Waals surface area contributed by atoms with Gasteiger partial charge in [-0.2, -0.15) is 0 Å². The highest BCUT2D eigenvalue weighted by Gasteiger charge is 2.10. The first-order valence-electron chi connectivity index (χ1n) is 5.83. The van der Waals surface area contributed by atoms with Gasteiger partial charge in [-0.25, -0.2) is 0 Å². The Kier molecular flexibility index (Phi) is 4.36. The minimum Gasteiger partial charge on any atom is -0.493 e. The van der Waals surface area contributed by atoms with Gasteiger partial charge < -0.3 is 9.84 Å². The number of aliphatic hydroxyl groups excluding tert-OH is 1. The lowest BCUT2D eigenvalue weighted by molar-refractivity contribution is 0.197. The molecule has 0 spiro atoms. The fourth-order valence-electron chi connectivity index (χ4n) is 1.94. The molecule has 1 unspecified atom stereocenters. The molecule has 2 nitrogen and oxygen atoms in total. The Morgan fingerprint density at radius 3 is 2.00 bits per heavy atom. The van der Waals surface area contributed by atoms with Crippen LogP contribution in [0.3, 0.4) is 0 Å². The highest BCUT2D eigenvalue weighted by molar-refractivity contribution is 5.42. The Morgan fingerprint density at radius 1 is 1.12 bits per heavy atom. The lowest BCUT2D eigenvalue weighted by atomic mass is 9.98. The Labute approximate surface area is 98.3 Å². The topological polar surface area (TPSA) is 29.5 Å². The number of hydrogen-bond donors (Lipinski definition) is 1. The maximum atomic E-state index is 9.65. The molecule has 0 aliphatic rings. The third kappa shape index (κ3) is 3.24. The highest BCUT2D eigenvalue weighted by atomic mass is 16.5. The van der Waals surface area contributed by atoms with Crippen LogP contribution >= 0.6 is 0 Å². The van der Waals surface area contributed by atoms with Crippen molar-refractivity contribution in [3.63, 3.8) is 0 Å². The normalized spacial score (nSPS) is 12.9. The Bertz CT molecular complexity index is 331. The largest absolute Gasteiger partial charge is 0.493 e. The first kappa shape index (κ1) is 13.0. The minimum atomic E-state index is -0.417. The van der Waals surface area contributed by atoms with E-state index >= 15 is 0 Å². The second-order valence-electron chi connectivity index (χ2n) is 4.85. The molecule has 0 aliphatic heterocycles. The van der Waals surface area contributed by atoms with Gasteiger partial charge in [-0.15, -0.1) is 0 Å². The summed E-state index contributed by atoms with van der Waals surface area (Å²) in [7, 11) is 0. The summed E-state index contributed by atoms with van der Waals surface area (Å²) >= 11 is 0. The molecule has 1 atom stereocenters. The molecule has 1 rings (SSSR count). The fraction of sp³-hybridized carbons (Fsp3) is 0.571. The summed E-state index contributed by atoms with van der Waals surface area (Å²) < 4.78 is 5.68. The van der Waals surface area contributed by atoms with Crippen LogP contribution in [0.5, 0.6) is 5.75 Å². The van der Waals surface area contributed by atoms with Crippen LogP contribution in [-0.2, 0) is 0 Å². The van der Waals surface area contributed by atoms with Crippen molar-refractivity contribution in [3.05, 3.63) is 28.8 Å². The van der Waals surface area contributed by atoms with Crippen molar-refractivity contribution in [2.24, 2.45) is 5.92 Å². The molecule has 1 aromatic rings. The fourth-order valence-corrected chi connectivity index (χ4v) is 1.94. The van der Waals surface area contributed by atoms with Gasteiger partial charge in [0.15, 0.2) is 0 Å². The number of hydrogen-bond acceptors (Lipinski definition) is 2. The zero-order valence-electron chi connectivity index (χ0n) is 10.9. The molecule has 90 valence electrons. The Hall–Kier alpha value is -1.02. The van der Waals surface area contributed by atoms with E-state index in [-0.39, 0.29) is 0 Å². The van der Waals surface area contributed by atoms with Crippen molar-refractivity contribution >= 4 is 0 Å². The Morgan fingerprint density at radius 2 is 1.62 bits per heavy atom. The molecule has 0 amide bonds. The second-order valence-corrected chi connectivity index (χ2v) is 4.85. The molecule has 1 aromatic carbocycles. The van der Waals surface area contributed by atoms with Crippen LogP contribution < -0.4 is 4.74 Å². The predicted molar refractivity (Wildman–Crippen MR) is 66.9 cm³/mol. The number of ether oxygens (including phenoxy) is 1. The molecule has 16 heavy (non-hydrogen) atoms. The van der Waals surface area contributed by atoms with Gasteiger partial charge in [0.2, 0.25) is 0 Å². The van der Waals surface area contributed by atoms with Gasteiger partial charge in [-0.05, 0) is 55.5 Å². The monoisotopic (exact) mass is 222 g/mol. The maximum Gasteiger partial charge on any atom is 0.119 e. The van der Waals surface area contributed by atoms with Gasteiger partial charge in [0.25, 0.3) is 0 Å². The smallest absolute Gasteiger partial charge is 0.119 e. The van der Waals surface area contributed by atoms with Crippen LogP contribution in [0.4, 0.5) is 0 Å². The molecular weight excluding hydrogens is 200 g/mol. The first-order chi connectivity index (χ1) is 7.41. The van der Waals surface area contributed by atoms with Gasteiger partial charge in [-0.1, -0.05) is 13.8 Å². The van der Waals surface area contributed by atoms with E-state index in [1.807, 2.05) is 26.0 Å². The average Bonchev–Trinajstić information content (AvgIpc) is 2.12. The lowest BCUT2D eigenvalue weighted by Gasteiger charge is -2.16. The number of aryl methyl sites for hydroxylation is 2. The quantitative estimate of drug-likeness (QED) is 0.846. The number of rotatable bonds is 4. The molecular formula is C14H22O2. The summed E-state index contributed by atoms with van der Waals surface area (Å²) in [5.41, 5.74) is 3.19. The molecule has 0 saturated carbocycles. The summed E-state index contributed by atoms with van der Waals surface area (Å²) in [6.07, 6.45) is -0.417. The van der Waals surface area contributed by atoms with Crippen LogP contribution in [0.15, 0.2) is 12.1 Å². The summed E-state index contributed by atoms with van der Waals surface area (Å²) in [4.78, 5) is 0. The molecule has 0 bridgehead atoms. The molecule has 1 N–H and O–H groups in total. The summed E-state index contributed by atoms with van der Waals surface area (Å²) in [6.45, 7) is 10.8. The molecule has 0 aromatic heterocycles. The van der Waals surface area contributed by atoms with Gasteiger partial charge in [0.1, 0.15) is 5.75 Å². The van der Waals surface area contributed by atoms with Crippen LogP contribution in [0.1, 0.15) is 43.6 Å². The molecule has 0 saturated heterocycles. The van der Waals surface area contributed by atoms with Gasteiger partial charge in [0, 0.05) is 0 Å². The van der Waals surface area contributed by atoms with Crippen molar-refractivity contribution in [1.82, 2.24) is 0 Å². The highest BCUT2D eigenvalue weighted by Crippen LogP contribution is 2.26. The van der Waals surface area contributed by atoms with Crippen molar-refractivity contribution in [1.29, 1.82) is 0 Å². The van der Waals surface area contributed by atoms with E-state index in [0.717, 1.165) is 29.0 Å². The number of benzene rings is 1. The summed E-state index contributed by atoms with van der Waals surface area (Å²) in [5.74, 6) is 1.42. The summed E-state index contributed by atoms with van der Waals surface area (Å²) in [5, 5.41) is 9.65. The second kappa shape index (κ2) is 5.35. The van der Waals surface area contributed by atoms with Gasteiger partial charge in [0.05, 0.1) is 12.7 Å². The van der Waals surface area contributed by atoms with E-state index < -0.39 is 6.10 Å². The van der Waals surface area contributed by atoms with E-state index in [4.69, 9.17) is 4.74 Å². The molecule has 0 heterocycles. The lowest BCUT2D eigenvalue weighted by Crippen LogP contribution is -2.06. The summed E-state index contributed by atoms with van der Waals surface area (Å²) in [6, 6.07) is 3.99. The SMILES string of the molecule is Cc1cc(OCC(C)C)cc(C)c1C(C)O. The third-order valence-corrected chi connectivity index (χ3v) is 2.57. The first-order valence-corrected chi connectivity index (χ1v) is 5.83. The van der Waals surface area contributed by atoms with E-state index in [2.05, 4.69) is 13.8 Å². The molecule has 0 fully saturated rings. The standard InChI is InChI=1S/C14H22O2/c1-9(2)8-16-13-6-10(3)14(12(5)15)11(4)7-13/h6-7,9,12,15H,8H2,1-5H3. The van der Waals surface area contributed by atoms with E-state index in [1.165, 1.54) is 0 Å². The van der Waals surface area contributed by atoms with Gasteiger partial charge >= 0.3 is 0 Å². The molecule has 0 aliphatic carbocycles. The van der Waals surface area contributed by atoms with Crippen molar-refractivity contribution in [2.45, 2.75) is 40.7 Å². The van der Waals surface area contributed by atoms with Crippen LogP contribution in [0.2, 0.25) is 0 Å². The van der Waals surface area contributed by atoms with Crippen LogP contribution in [0, 0.1) is 19.8 Å². The third-order valence-electron chi connectivity index (χ3n) is 2.57. The molecule has 2 heteroatoms. The zero-order chi connectivity index (χ0) is 12.3. The van der Waals surface area contributed by atoms with E-state index in [9.17, 15) is 5.11 Å². The van der Waals surface area contributed by atoms with Crippen LogP contribution in [-0.4, -0.2) is 11.7 Å². The molecule has 0 radical (unpaired) electrons. The Balaban J connectivity index is 2.92. The predicted octanol–water partition coefficient (Wildman–Crippen LogP) is 3.39. The van der Waals surface area contributed by atoms with Crippen LogP contribution in [0.25, 0.3) is 0 Å². The van der Waals surface area contributed by atoms with E-state index in [0.29, 0.717) is 5.92 Å². The maximum absolute atomic E-state index is 9.65. The van der Waals surface area contributed by atoms with Crippen molar-refractivity contribution in [3.8, 4) is 5.75 Å². The average molecular weight is 222 g/mol.